The molecule has 104 valence electrons. The predicted octanol–water partition coefficient (Wildman–Crippen LogP) is 4.53. The van der Waals surface area contributed by atoms with E-state index >= 15 is 0 Å². The lowest BCUT2D eigenvalue weighted by atomic mass is 10.1. The molecule has 0 bridgehead atoms. The Labute approximate surface area is 124 Å². The molecule has 1 amide bonds. The standard InChI is InChI=1S/C17H18ClNO/c1-12-6-8-16(10-13(12)2)19-17(20)9-7-14-4-3-5-15(18)11-14/h3-6,8,10-11H,7,9H2,1-2H3,(H,19,20). The van der Waals surface area contributed by atoms with E-state index in [9.17, 15) is 4.79 Å². The Morgan fingerprint density at radius 1 is 1.10 bits per heavy atom. The fourth-order valence-electron chi connectivity index (χ4n) is 1.99. The molecule has 2 aromatic carbocycles. The van der Waals surface area contributed by atoms with Crippen LogP contribution in [-0.2, 0) is 11.2 Å². The van der Waals surface area contributed by atoms with Crippen molar-refractivity contribution in [1.82, 2.24) is 0 Å². The second kappa shape index (κ2) is 6.58. The number of benzene rings is 2. The average Bonchev–Trinajstić information content (AvgIpc) is 2.41. The molecule has 2 aromatic rings. The highest BCUT2D eigenvalue weighted by molar-refractivity contribution is 6.30. The summed E-state index contributed by atoms with van der Waals surface area (Å²) in [5, 5.41) is 3.63. The van der Waals surface area contributed by atoms with Gasteiger partial charge in [-0.3, -0.25) is 4.79 Å². The Kier molecular flexibility index (Phi) is 4.80. The van der Waals surface area contributed by atoms with Gasteiger partial charge in [0.2, 0.25) is 5.91 Å². The largest absolute Gasteiger partial charge is 0.326 e. The van der Waals surface area contributed by atoms with E-state index in [0.717, 1.165) is 11.3 Å². The predicted molar refractivity (Wildman–Crippen MR) is 84.3 cm³/mol. The molecule has 0 saturated heterocycles. The lowest BCUT2D eigenvalue weighted by molar-refractivity contribution is -0.116. The Morgan fingerprint density at radius 2 is 1.90 bits per heavy atom. The quantitative estimate of drug-likeness (QED) is 0.879. The van der Waals surface area contributed by atoms with Gasteiger partial charge in [0.1, 0.15) is 0 Å². The van der Waals surface area contributed by atoms with Crippen LogP contribution in [0.15, 0.2) is 42.5 Å². The zero-order chi connectivity index (χ0) is 14.5. The molecule has 0 heterocycles. The first kappa shape index (κ1) is 14.6. The van der Waals surface area contributed by atoms with E-state index in [1.807, 2.05) is 49.4 Å². The van der Waals surface area contributed by atoms with E-state index in [4.69, 9.17) is 11.6 Å². The van der Waals surface area contributed by atoms with Crippen LogP contribution in [0.3, 0.4) is 0 Å². The maximum Gasteiger partial charge on any atom is 0.224 e. The van der Waals surface area contributed by atoms with Gasteiger partial charge >= 0.3 is 0 Å². The van der Waals surface area contributed by atoms with Crippen molar-refractivity contribution >= 4 is 23.2 Å². The maximum atomic E-state index is 11.9. The van der Waals surface area contributed by atoms with E-state index < -0.39 is 0 Å². The van der Waals surface area contributed by atoms with Gasteiger partial charge in [0.05, 0.1) is 0 Å². The number of hydrogen-bond acceptors (Lipinski definition) is 1. The number of amides is 1. The van der Waals surface area contributed by atoms with E-state index in [1.165, 1.54) is 11.1 Å². The van der Waals surface area contributed by atoms with Crippen molar-refractivity contribution in [1.29, 1.82) is 0 Å². The SMILES string of the molecule is Cc1ccc(NC(=O)CCc2cccc(Cl)c2)cc1C. The molecular formula is C17H18ClNO. The molecule has 0 aromatic heterocycles. The summed E-state index contributed by atoms with van der Waals surface area (Å²) in [5.74, 6) is 0.0215. The first-order valence-electron chi connectivity index (χ1n) is 6.66. The summed E-state index contributed by atoms with van der Waals surface area (Å²) in [4.78, 5) is 11.9. The highest BCUT2D eigenvalue weighted by Crippen LogP contribution is 2.15. The molecule has 2 rings (SSSR count). The van der Waals surface area contributed by atoms with E-state index in [2.05, 4.69) is 12.2 Å². The number of anilines is 1. The summed E-state index contributed by atoms with van der Waals surface area (Å²) in [6.45, 7) is 4.09. The minimum atomic E-state index is 0.0215. The van der Waals surface area contributed by atoms with Gasteiger partial charge in [-0.25, -0.2) is 0 Å². The molecule has 0 saturated carbocycles. The van der Waals surface area contributed by atoms with Gasteiger partial charge in [-0.15, -0.1) is 0 Å². The highest BCUT2D eigenvalue weighted by Gasteiger charge is 2.04. The number of rotatable bonds is 4. The molecule has 0 fully saturated rings. The second-order valence-corrected chi connectivity index (χ2v) is 5.41. The van der Waals surface area contributed by atoms with Gasteiger partial charge < -0.3 is 5.32 Å². The molecule has 2 nitrogen and oxygen atoms in total. The van der Waals surface area contributed by atoms with Crippen molar-refractivity contribution < 1.29 is 4.79 Å². The molecule has 0 aliphatic rings. The van der Waals surface area contributed by atoms with Crippen LogP contribution in [0.1, 0.15) is 23.1 Å². The molecule has 0 aliphatic carbocycles. The number of nitrogens with one attached hydrogen (secondary N) is 1. The van der Waals surface area contributed by atoms with Crippen molar-refractivity contribution in [2.45, 2.75) is 26.7 Å². The molecule has 0 spiro atoms. The molecule has 3 heteroatoms. The number of carbonyl (C=O) groups is 1. The average molecular weight is 288 g/mol. The smallest absolute Gasteiger partial charge is 0.224 e. The molecule has 0 aliphatic heterocycles. The third-order valence-electron chi connectivity index (χ3n) is 3.32. The molecule has 0 unspecified atom stereocenters. The van der Waals surface area contributed by atoms with Crippen molar-refractivity contribution in [2.24, 2.45) is 0 Å². The fourth-order valence-corrected chi connectivity index (χ4v) is 2.21. The van der Waals surface area contributed by atoms with Crippen LogP contribution in [0.5, 0.6) is 0 Å². The Balaban J connectivity index is 1.91. The number of hydrogen-bond donors (Lipinski definition) is 1. The lowest BCUT2D eigenvalue weighted by Gasteiger charge is -2.08. The van der Waals surface area contributed by atoms with Crippen LogP contribution in [0.4, 0.5) is 5.69 Å². The van der Waals surface area contributed by atoms with Gasteiger partial charge in [0.15, 0.2) is 0 Å². The monoisotopic (exact) mass is 287 g/mol. The third-order valence-corrected chi connectivity index (χ3v) is 3.56. The van der Waals surface area contributed by atoms with Crippen LogP contribution < -0.4 is 5.32 Å². The topological polar surface area (TPSA) is 29.1 Å². The summed E-state index contributed by atoms with van der Waals surface area (Å²) in [5.41, 5.74) is 4.33. The minimum Gasteiger partial charge on any atom is -0.326 e. The highest BCUT2D eigenvalue weighted by atomic mass is 35.5. The third kappa shape index (κ3) is 4.10. The van der Waals surface area contributed by atoms with Crippen LogP contribution >= 0.6 is 11.6 Å². The molecule has 0 atom stereocenters. The minimum absolute atomic E-state index is 0.0215. The van der Waals surface area contributed by atoms with E-state index in [1.54, 1.807) is 0 Å². The summed E-state index contributed by atoms with van der Waals surface area (Å²) >= 11 is 5.92. The number of halogens is 1. The van der Waals surface area contributed by atoms with Gasteiger partial charge in [-0.05, 0) is 61.2 Å². The summed E-state index contributed by atoms with van der Waals surface area (Å²) in [7, 11) is 0. The van der Waals surface area contributed by atoms with Gasteiger partial charge in [-0.2, -0.15) is 0 Å². The lowest BCUT2D eigenvalue weighted by Crippen LogP contribution is -2.12. The van der Waals surface area contributed by atoms with Crippen LogP contribution in [0.25, 0.3) is 0 Å². The second-order valence-electron chi connectivity index (χ2n) is 4.98. The number of aryl methyl sites for hydroxylation is 3. The first-order chi connectivity index (χ1) is 9.54. The normalized spacial score (nSPS) is 10.3. The molecule has 0 radical (unpaired) electrons. The van der Waals surface area contributed by atoms with Crippen molar-refractivity contribution in [3.05, 3.63) is 64.2 Å². The van der Waals surface area contributed by atoms with E-state index in [-0.39, 0.29) is 5.91 Å². The van der Waals surface area contributed by atoms with Crippen LogP contribution in [-0.4, -0.2) is 5.91 Å². The zero-order valence-corrected chi connectivity index (χ0v) is 12.5. The van der Waals surface area contributed by atoms with Gasteiger partial charge in [0.25, 0.3) is 0 Å². The first-order valence-corrected chi connectivity index (χ1v) is 7.04. The maximum absolute atomic E-state index is 11.9. The summed E-state index contributed by atoms with van der Waals surface area (Å²) < 4.78 is 0. The number of carbonyl (C=O) groups excluding carboxylic acids is 1. The van der Waals surface area contributed by atoms with Crippen LogP contribution in [0.2, 0.25) is 5.02 Å². The molecule has 20 heavy (non-hydrogen) atoms. The zero-order valence-electron chi connectivity index (χ0n) is 11.7. The Morgan fingerprint density at radius 3 is 2.60 bits per heavy atom. The van der Waals surface area contributed by atoms with Crippen molar-refractivity contribution in [2.75, 3.05) is 5.32 Å². The molecular weight excluding hydrogens is 270 g/mol. The van der Waals surface area contributed by atoms with Crippen molar-refractivity contribution in [3.63, 3.8) is 0 Å². The molecule has 1 N–H and O–H groups in total. The van der Waals surface area contributed by atoms with Crippen molar-refractivity contribution in [3.8, 4) is 0 Å². The Hall–Kier alpha value is -1.80. The summed E-state index contributed by atoms with van der Waals surface area (Å²) in [6, 6.07) is 13.5. The summed E-state index contributed by atoms with van der Waals surface area (Å²) in [6.07, 6.45) is 1.14. The van der Waals surface area contributed by atoms with E-state index in [0.29, 0.717) is 17.9 Å². The Bertz CT molecular complexity index is 622. The van der Waals surface area contributed by atoms with Crippen LogP contribution in [0, 0.1) is 13.8 Å². The fraction of sp³-hybridized carbons (Fsp3) is 0.235. The van der Waals surface area contributed by atoms with Gasteiger partial charge in [0, 0.05) is 17.1 Å². The van der Waals surface area contributed by atoms with Gasteiger partial charge in [-0.1, -0.05) is 29.8 Å².